The molecule has 0 saturated carbocycles. The van der Waals surface area contributed by atoms with Gasteiger partial charge in [0.1, 0.15) is 12.1 Å². The second-order valence-electron chi connectivity index (χ2n) is 12.2. The number of rotatable bonds is 26. The molecule has 13 N–H and O–H groups in total. The summed E-state index contributed by atoms with van der Waals surface area (Å²) in [7, 11) is 0. The van der Waals surface area contributed by atoms with Crippen molar-refractivity contribution in [3.63, 3.8) is 0 Å². The molecule has 13 heteroatoms. The molecule has 0 spiro atoms. The number of carbonyl (C=O) groups is 4. The van der Waals surface area contributed by atoms with Gasteiger partial charge in [-0.15, -0.1) is 0 Å². The number of carbonyl (C=O) groups excluding carboxylic acids is 1. The Bertz CT molecular complexity index is 797. The van der Waals surface area contributed by atoms with Gasteiger partial charge in [0.25, 0.3) is 0 Å². The summed E-state index contributed by atoms with van der Waals surface area (Å²) >= 11 is 0. The Morgan fingerprint density at radius 3 is 1.55 bits per heavy atom. The summed E-state index contributed by atoms with van der Waals surface area (Å²) in [5.41, 5.74) is 19.7. The molecule has 0 bridgehead atoms. The average molecular weight is 634 g/mol. The zero-order valence-corrected chi connectivity index (χ0v) is 27.3. The van der Waals surface area contributed by atoms with Crippen LogP contribution in [0.4, 0.5) is 0 Å². The molecule has 0 aromatic heterocycles. The van der Waals surface area contributed by atoms with Crippen LogP contribution in [0.2, 0.25) is 0 Å². The minimum atomic E-state index is -2.11. The number of aliphatic carboxylic acids is 3. The van der Waals surface area contributed by atoms with Gasteiger partial charge >= 0.3 is 17.9 Å². The summed E-state index contributed by atoms with van der Waals surface area (Å²) in [5.74, 6) is -4.45. The van der Waals surface area contributed by atoms with E-state index in [4.69, 9.17) is 33.1 Å². The van der Waals surface area contributed by atoms with Crippen molar-refractivity contribution in [2.75, 3.05) is 6.54 Å². The van der Waals surface area contributed by atoms with Crippen LogP contribution >= 0.6 is 0 Å². The van der Waals surface area contributed by atoms with Crippen LogP contribution in [-0.2, 0) is 19.2 Å². The van der Waals surface area contributed by atoms with Gasteiger partial charge in [0.05, 0.1) is 6.10 Å². The Morgan fingerprint density at radius 2 is 1.20 bits per heavy atom. The van der Waals surface area contributed by atoms with Crippen molar-refractivity contribution >= 4 is 23.8 Å². The first-order valence-electron chi connectivity index (χ1n) is 16.3. The van der Waals surface area contributed by atoms with E-state index in [-0.39, 0.29) is 37.6 Å². The van der Waals surface area contributed by atoms with Crippen molar-refractivity contribution in [3.05, 3.63) is 0 Å². The largest absolute Gasteiger partial charge is 0.480 e. The molecule has 0 aliphatic carbocycles. The van der Waals surface area contributed by atoms with Crippen LogP contribution in [0, 0.1) is 11.8 Å². The number of aliphatic hydroxyl groups is 1. The van der Waals surface area contributed by atoms with Crippen molar-refractivity contribution in [1.82, 2.24) is 5.32 Å². The topological polar surface area (TPSA) is 265 Å². The van der Waals surface area contributed by atoms with E-state index < -0.39 is 54.1 Å². The Morgan fingerprint density at radius 1 is 0.750 bits per heavy atom. The Hall–Kier alpha value is -2.32. The van der Waals surface area contributed by atoms with Crippen LogP contribution in [0.5, 0.6) is 0 Å². The third kappa shape index (κ3) is 23.1. The maximum atomic E-state index is 12.2. The smallest absolute Gasteiger partial charge is 0.338 e. The Labute approximate surface area is 263 Å². The predicted octanol–water partition coefficient (Wildman–Crippen LogP) is 2.90. The first-order chi connectivity index (χ1) is 20.6. The lowest BCUT2D eigenvalue weighted by atomic mass is 9.89. The standard InChI is InChI=1S/C26H52N4O6.C5H11NO2/c1-2-3-4-5-6-7-8-9-10-11-12-13-14-15-23(32)30-21(24(33)34)17-16-20(19-27)22(31)18-26(28,29)25(35)36;1-3(2)4(6)5(7)8/h20-22,31H,2-19,27-29H2,1H3,(H,30,32)(H,33,34)(H,35,36);3-4H,6H2,1-2H3,(H,7,8)/t20?,21-,22?;4-/m00/s1. The fraction of sp³-hybridized carbons (Fsp3) is 0.871. The number of nitrogens with one attached hydrogen (secondary N) is 1. The molecule has 0 aliphatic heterocycles. The monoisotopic (exact) mass is 633 g/mol. The van der Waals surface area contributed by atoms with E-state index in [0.29, 0.717) is 6.42 Å². The van der Waals surface area contributed by atoms with Gasteiger partial charge in [-0.3, -0.25) is 9.59 Å². The van der Waals surface area contributed by atoms with E-state index >= 15 is 0 Å². The summed E-state index contributed by atoms with van der Waals surface area (Å²) in [6.45, 7) is 5.78. The van der Waals surface area contributed by atoms with Crippen molar-refractivity contribution in [2.24, 2.45) is 34.8 Å². The predicted molar refractivity (Wildman–Crippen MR) is 171 cm³/mol. The molecule has 2 unspecified atom stereocenters. The van der Waals surface area contributed by atoms with E-state index in [2.05, 4.69) is 12.2 Å². The highest BCUT2D eigenvalue weighted by atomic mass is 16.4. The van der Waals surface area contributed by atoms with Crippen molar-refractivity contribution in [2.45, 2.75) is 154 Å². The SMILES string of the molecule is CC(C)[C@H](N)C(=O)O.CCCCCCCCCCCCCCCC(=O)N[C@@H](CCC(CN)C(O)CC(N)(N)C(=O)O)C(=O)O. The number of amides is 1. The Balaban J connectivity index is 0. The van der Waals surface area contributed by atoms with Gasteiger partial charge in [-0.1, -0.05) is 97.8 Å². The molecule has 0 heterocycles. The van der Waals surface area contributed by atoms with Gasteiger partial charge in [0.2, 0.25) is 5.91 Å². The van der Waals surface area contributed by atoms with Crippen LogP contribution < -0.4 is 28.3 Å². The van der Waals surface area contributed by atoms with Crippen molar-refractivity contribution in [1.29, 1.82) is 0 Å². The fourth-order valence-electron chi connectivity index (χ4n) is 4.56. The lowest BCUT2D eigenvalue weighted by Crippen LogP contribution is -2.59. The van der Waals surface area contributed by atoms with Gasteiger partial charge in [0.15, 0.2) is 5.66 Å². The van der Waals surface area contributed by atoms with Crippen LogP contribution in [0.1, 0.15) is 130 Å². The average Bonchev–Trinajstić information content (AvgIpc) is 2.94. The van der Waals surface area contributed by atoms with E-state index in [1.54, 1.807) is 13.8 Å². The minimum absolute atomic E-state index is 0.00386. The molecule has 0 aromatic rings. The third-order valence-corrected chi connectivity index (χ3v) is 7.76. The van der Waals surface area contributed by atoms with Gasteiger partial charge in [0, 0.05) is 12.8 Å². The quantitative estimate of drug-likeness (QED) is 0.0491. The summed E-state index contributed by atoms with van der Waals surface area (Å²) in [6.07, 6.45) is 14.5. The van der Waals surface area contributed by atoms with E-state index in [9.17, 15) is 29.4 Å². The molecular weight excluding hydrogens is 570 g/mol. The van der Waals surface area contributed by atoms with Gasteiger partial charge in [-0.2, -0.15) is 0 Å². The van der Waals surface area contributed by atoms with Crippen molar-refractivity contribution < 1.29 is 39.6 Å². The molecule has 0 radical (unpaired) electrons. The first kappa shape index (κ1) is 43.8. The molecule has 0 fully saturated rings. The highest BCUT2D eigenvalue weighted by Crippen LogP contribution is 2.19. The molecule has 0 aromatic carbocycles. The molecule has 0 aliphatic rings. The molecule has 0 saturated heterocycles. The Kier molecular flexibility index (Phi) is 25.8. The van der Waals surface area contributed by atoms with Crippen LogP contribution in [0.15, 0.2) is 0 Å². The maximum Gasteiger partial charge on any atom is 0.338 e. The number of hydrogen-bond acceptors (Lipinski definition) is 9. The fourth-order valence-corrected chi connectivity index (χ4v) is 4.56. The van der Waals surface area contributed by atoms with Crippen LogP contribution in [0.25, 0.3) is 0 Å². The normalized spacial score (nSPS) is 14.2. The van der Waals surface area contributed by atoms with Crippen molar-refractivity contribution in [3.8, 4) is 0 Å². The number of nitrogens with two attached hydrogens (primary N) is 4. The van der Waals surface area contributed by atoms with Gasteiger partial charge in [-0.05, 0) is 37.6 Å². The number of hydrogen-bond donors (Lipinski definition) is 9. The zero-order valence-electron chi connectivity index (χ0n) is 27.3. The van der Waals surface area contributed by atoms with Gasteiger partial charge < -0.3 is 48.7 Å². The number of carboxylic acid groups (broad SMARTS) is 3. The number of aliphatic hydroxyl groups excluding tert-OH is 1. The molecule has 0 rings (SSSR count). The minimum Gasteiger partial charge on any atom is -0.480 e. The lowest BCUT2D eigenvalue weighted by Gasteiger charge is -2.28. The molecule has 260 valence electrons. The summed E-state index contributed by atoms with van der Waals surface area (Å²) in [6, 6.07) is -1.82. The van der Waals surface area contributed by atoms with E-state index in [1.165, 1.54) is 57.8 Å². The molecule has 44 heavy (non-hydrogen) atoms. The highest BCUT2D eigenvalue weighted by Gasteiger charge is 2.34. The molecular formula is C31H63N5O8. The summed E-state index contributed by atoms with van der Waals surface area (Å²) < 4.78 is 0. The zero-order chi connectivity index (χ0) is 34.1. The number of carboxylic acids is 3. The second kappa shape index (κ2) is 26.0. The lowest BCUT2D eigenvalue weighted by molar-refractivity contribution is -0.145. The maximum absolute atomic E-state index is 12.2. The van der Waals surface area contributed by atoms with E-state index in [0.717, 1.165) is 19.3 Å². The third-order valence-electron chi connectivity index (χ3n) is 7.76. The highest BCUT2D eigenvalue weighted by molar-refractivity contribution is 5.83. The molecule has 13 nitrogen and oxygen atoms in total. The number of unbranched alkanes of at least 4 members (excludes halogenated alkanes) is 12. The van der Waals surface area contributed by atoms with Gasteiger partial charge in [-0.25, -0.2) is 9.59 Å². The van der Waals surface area contributed by atoms with Crippen LogP contribution in [-0.4, -0.2) is 74.6 Å². The molecule has 4 atom stereocenters. The molecule has 1 amide bonds. The first-order valence-corrected chi connectivity index (χ1v) is 16.3. The van der Waals surface area contributed by atoms with Crippen LogP contribution in [0.3, 0.4) is 0 Å². The summed E-state index contributed by atoms with van der Waals surface area (Å²) in [4.78, 5) is 44.9. The second-order valence-corrected chi connectivity index (χ2v) is 12.2. The van der Waals surface area contributed by atoms with E-state index in [1.807, 2.05) is 0 Å². The summed E-state index contributed by atoms with van der Waals surface area (Å²) in [5, 5.41) is 39.5.